The average molecular weight is 279 g/mol. The fourth-order valence-corrected chi connectivity index (χ4v) is 2.03. The zero-order valence-corrected chi connectivity index (χ0v) is 11.2. The second-order valence-electron chi connectivity index (χ2n) is 4.53. The van der Waals surface area contributed by atoms with E-state index < -0.39 is 5.82 Å². The Morgan fingerprint density at radius 3 is 2.86 bits per heavy atom. The summed E-state index contributed by atoms with van der Waals surface area (Å²) >= 11 is 0. The molecule has 5 heteroatoms. The Morgan fingerprint density at radius 2 is 2.05 bits per heavy atom. The smallest absolute Gasteiger partial charge is 0.230 e. The molecule has 0 bridgehead atoms. The van der Waals surface area contributed by atoms with Gasteiger partial charge in [0, 0.05) is 0 Å². The number of rotatable bonds is 2. The second kappa shape index (κ2) is 5.17. The van der Waals surface area contributed by atoms with E-state index in [0.29, 0.717) is 11.3 Å². The third kappa shape index (κ3) is 2.39. The van der Waals surface area contributed by atoms with Crippen LogP contribution in [0, 0.1) is 24.1 Å². The number of nitrogens with zero attached hydrogens (tertiary/aromatic N) is 3. The van der Waals surface area contributed by atoms with E-state index in [1.165, 1.54) is 24.5 Å². The largest absolute Gasteiger partial charge is 0.437 e. The minimum atomic E-state index is -0.621. The van der Waals surface area contributed by atoms with Crippen LogP contribution in [0.5, 0.6) is 11.6 Å². The highest BCUT2D eigenvalue weighted by molar-refractivity contribution is 5.84. The molecule has 0 aliphatic carbocycles. The van der Waals surface area contributed by atoms with Gasteiger partial charge >= 0.3 is 0 Å². The third-order valence-electron chi connectivity index (χ3n) is 3.05. The molecule has 0 spiro atoms. The first-order valence-corrected chi connectivity index (χ1v) is 6.27. The van der Waals surface area contributed by atoms with Crippen LogP contribution in [0.2, 0.25) is 0 Å². The molecule has 0 unspecified atom stereocenters. The average Bonchev–Trinajstić information content (AvgIpc) is 2.48. The van der Waals surface area contributed by atoms with Crippen LogP contribution in [0.4, 0.5) is 4.39 Å². The maximum Gasteiger partial charge on any atom is 0.230 e. The molecule has 0 radical (unpaired) electrons. The van der Waals surface area contributed by atoms with Gasteiger partial charge < -0.3 is 4.74 Å². The van der Waals surface area contributed by atoms with Gasteiger partial charge in [-0.05, 0) is 31.2 Å². The Hall–Kier alpha value is -3.00. The fourth-order valence-electron chi connectivity index (χ4n) is 2.03. The summed E-state index contributed by atoms with van der Waals surface area (Å²) in [6, 6.07) is 11.7. The fraction of sp³-hybridized carbons (Fsp3) is 0.0625. The Balaban J connectivity index is 2.13. The normalized spacial score (nSPS) is 10.3. The molecule has 0 N–H and O–H groups in total. The van der Waals surface area contributed by atoms with Crippen molar-refractivity contribution in [1.29, 1.82) is 5.26 Å². The first kappa shape index (κ1) is 13.0. The number of ether oxygens (including phenoxy) is 1. The van der Waals surface area contributed by atoms with E-state index in [4.69, 9.17) is 10.00 Å². The van der Waals surface area contributed by atoms with Crippen LogP contribution in [0.3, 0.4) is 0 Å². The van der Waals surface area contributed by atoms with Gasteiger partial charge in [0.1, 0.15) is 29.5 Å². The van der Waals surface area contributed by atoms with E-state index >= 15 is 0 Å². The minimum Gasteiger partial charge on any atom is -0.437 e. The highest BCUT2D eigenvalue weighted by Gasteiger charge is 2.12. The van der Waals surface area contributed by atoms with E-state index in [-0.39, 0.29) is 11.3 Å². The first-order valence-electron chi connectivity index (χ1n) is 6.27. The van der Waals surface area contributed by atoms with Crippen LogP contribution in [0.1, 0.15) is 11.1 Å². The number of aryl methyl sites for hydroxylation is 1. The maximum absolute atomic E-state index is 13.6. The van der Waals surface area contributed by atoms with E-state index in [9.17, 15) is 4.39 Å². The molecule has 0 aliphatic heterocycles. The van der Waals surface area contributed by atoms with Crippen molar-refractivity contribution in [2.45, 2.75) is 6.92 Å². The van der Waals surface area contributed by atoms with Gasteiger partial charge in [0.15, 0.2) is 0 Å². The third-order valence-corrected chi connectivity index (χ3v) is 3.05. The molecule has 0 amide bonds. The van der Waals surface area contributed by atoms with E-state index in [1.54, 1.807) is 6.07 Å². The monoisotopic (exact) mass is 279 g/mol. The Kier molecular flexibility index (Phi) is 3.20. The molecule has 0 saturated heterocycles. The lowest BCUT2D eigenvalue weighted by Gasteiger charge is -2.09. The van der Waals surface area contributed by atoms with Crippen LogP contribution >= 0.6 is 0 Å². The van der Waals surface area contributed by atoms with Gasteiger partial charge in [-0.3, -0.25) is 0 Å². The van der Waals surface area contributed by atoms with Gasteiger partial charge in [0.25, 0.3) is 0 Å². The number of fused-ring (bicyclic) bond motifs is 1. The summed E-state index contributed by atoms with van der Waals surface area (Å²) in [4.78, 5) is 8.24. The summed E-state index contributed by atoms with van der Waals surface area (Å²) < 4.78 is 19.2. The minimum absolute atomic E-state index is 0.138. The van der Waals surface area contributed by atoms with Crippen LogP contribution < -0.4 is 4.74 Å². The van der Waals surface area contributed by atoms with Crippen molar-refractivity contribution in [3.05, 3.63) is 59.7 Å². The topological polar surface area (TPSA) is 58.8 Å². The molecule has 1 aromatic heterocycles. The van der Waals surface area contributed by atoms with Gasteiger partial charge in [-0.2, -0.15) is 5.26 Å². The molecule has 0 fully saturated rings. The summed E-state index contributed by atoms with van der Waals surface area (Å²) in [5, 5.41) is 9.75. The van der Waals surface area contributed by atoms with Crippen LogP contribution in [-0.4, -0.2) is 9.97 Å². The van der Waals surface area contributed by atoms with Crippen molar-refractivity contribution in [3.8, 4) is 17.7 Å². The molecule has 102 valence electrons. The lowest BCUT2D eigenvalue weighted by atomic mass is 10.1. The number of nitriles is 1. The summed E-state index contributed by atoms with van der Waals surface area (Å²) in [5.74, 6) is -0.186. The first-order chi connectivity index (χ1) is 10.2. The number of hydrogen-bond donors (Lipinski definition) is 0. The van der Waals surface area contributed by atoms with Crippen molar-refractivity contribution >= 4 is 10.9 Å². The zero-order chi connectivity index (χ0) is 14.8. The van der Waals surface area contributed by atoms with Crippen LogP contribution in [-0.2, 0) is 0 Å². The molecule has 0 atom stereocenters. The summed E-state index contributed by atoms with van der Waals surface area (Å²) in [6.07, 6.45) is 1.37. The van der Waals surface area contributed by atoms with Gasteiger partial charge in [-0.15, -0.1) is 0 Å². The number of aromatic nitrogens is 2. The molecule has 1 heterocycles. The summed E-state index contributed by atoms with van der Waals surface area (Å²) in [5.41, 5.74) is 1.61. The van der Waals surface area contributed by atoms with Gasteiger partial charge in [-0.1, -0.05) is 17.7 Å². The SMILES string of the molecule is Cc1ccc2ncnc(Oc3cccc(F)c3C#N)c2c1. The predicted octanol–water partition coefficient (Wildman–Crippen LogP) is 3.74. The molecular formula is C16H10FN3O. The molecule has 21 heavy (non-hydrogen) atoms. The van der Waals surface area contributed by atoms with Crippen molar-refractivity contribution < 1.29 is 9.13 Å². The van der Waals surface area contributed by atoms with Gasteiger partial charge in [-0.25, -0.2) is 14.4 Å². The maximum atomic E-state index is 13.6. The van der Waals surface area contributed by atoms with Crippen molar-refractivity contribution in [2.24, 2.45) is 0 Å². The quantitative estimate of drug-likeness (QED) is 0.717. The Morgan fingerprint density at radius 1 is 1.19 bits per heavy atom. The van der Waals surface area contributed by atoms with Crippen molar-refractivity contribution in [3.63, 3.8) is 0 Å². The lowest BCUT2D eigenvalue weighted by Crippen LogP contribution is -1.95. The van der Waals surface area contributed by atoms with E-state index in [2.05, 4.69) is 9.97 Å². The van der Waals surface area contributed by atoms with Gasteiger partial charge in [0.2, 0.25) is 5.88 Å². The Labute approximate surface area is 120 Å². The molecule has 3 rings (SSSR count). The molecule has 3 aromatic rings. The molecule has 2 aromatic carbocycles. The molecule has 0 saturated carbocycles. The predicted molar refractivity (Wildman–Crippen MR) is 75.5 cm³/mol. The lowest BCUT2D eigenvalue weighted by molar-refractivity contribution is 0.461. The van der Waals surface area contributed by atoms with Crippen molar-refractivity contribution in [2.75, 3.05) is 0 Å². The van der Waals surface area contributed by atoms with Crippen molar-refractivity contribution in [1.82, 2.24) is 9.97 Å². The standard InChI is InChI=1S/C16H10FN3O/c1-10-5-6-14-11(7-10)16(20-9-19-14)21-15-4-2-3-13(17)12(15)8-18/h2-7,9H,1H3. The number of halogens is 1. The van der Waals surface area contributed by atoms with Crippen LogP contribution in [0.15, 0.2) is 42.7 Å². The highest BCUT2D eigenvalue weighted by Crippen LogP contribution is 2.30. The molecule has 4 nitrogen and oxygen atoms in total. The summed E-state index contributed by atoms with van der Waals surface area (Å²) in [7, 11) is 0. The highest BCUT2D eigenvalue weighted by atomic mass is 19.1. The van der Waals surface area contributed by atoms with E-state index in [1.807, 2.05) is 25.1 Å². The zero-order valence-electron chi connectivity index (χ0n) is 11.2. The van der Waals surface area contributed by atoms with Crippen LogP contribution in [0.25, 0.3) is 10.9 Å². The number of hydrogen-bond acceptors (Lipinski definition) is 4. The second-order valence-corrected chi connectivity index (χ2v) is 4.53. The van der Waals surface area contributed by atoms with Gasteiger partial charge in [0.05, 0.1) is 10.9 Å². The molecular weight excluding hydrogens is 269 g/mol. The number of benzene rings is 2. The molecule has 0 aliphatic rings. The summed E-state index contributed by atoms with van der Waals surface area (Å²) in [6.45, 7) is 1.94. The van der Waals surface area contributed by atoms with E-state index in [0.717, 1.165) is 11.1 Å². The Bertz CT molecular complexity index is 871.